The Labute approximate surface area is 173 Å². The third-order valence-corrected chi connectivity index (χ3v) is 6.65. The van der Waals surface area contributed by atoms with Gasteiger partial charge < -0.3 is 4.90 Å². The van der Waals surface area contributed by atoms with Gasteiger partial charge in [0.1, 0.15) is 5.82 Å². The summed E-state index contributed by atoms with van der Waals surface area (Å²) in [5.74, 6) is 1.13. The van der Waals surface area contributed by atoms with Crippen molar-refractivity contribution in [2.24, 2.45) is 0 Å². The van der Waals surface area contributed by atoms with Crippen molar-refractivity contribution in [2.45, 2.75) is 72.0 Å². The molecule has 29 heavy (non-hydrogen) atoms. The first-order valence-electron chi connectivity index (χ1n) is 10.8. The zero-order chi connectivity index (χ0) is 20.5. The van der Waals surface area contributed by atoms with Gasteiger partial charge in [0.15, 0.2) is 0 Å². The summed E-state index contributed by atoms with van der Waals surface area (Å²) in [4.78, 5) is 26.7. The van der Waals surface area contributed by atoms with Crippen LogP contribution in [0, 0.1) is 20.8 Å². The summed E-state index contributed by atoms with van der Waals surface area (Å²) in [5, 5.41) is 4.54. The van der Waals surface area contributed by atoms with Crippen LogP contribution >= 0.6 is 0 Å². The first kappa shape index (κ1) is 20.0. The number of hydrogen-bond acceptors (Lipinski definition) is 5. The zero-order valence-electron chi connectivity index (χ0n) is 18.1. The normalized spacial score (nSPS) is 20.0. The molecule has 4 heterocycles. The highest BCUT2D eigenvalue weighted by atomic mass is 16.2. The summed E-state index contributed by atoms with van der Waals surface area (Å²) in [6, 6.07) is 0.331. The summed E-state index contributed by atoms with van der Waals surface area (Å²) in [7, 11) is 2.16. The van der Waals surface area contributed by atoms with Crippen LogP contribution in [-0.4, -0.2) is 55.6 Å². The highest BCUT2D eigenvalue weighted by Gasteiger charge is 2.26. The number of hydrogen-bond donors (Lipinski definition) is 0. The fourth-order valence-corrected chi connectivity index (χ4v) is 4.47. The summed E-state index contributed by atoms with van der Waals surface area (Å²) in [5.41, 5.74) is 5.60. The standard InChI is InChI=1S/C22H32N6O/c1-15-16(2)25-28(17(15)3)12-9-21(29)27-11-8-19-18(14-27)13-23-22(24-19)20-7-5-6-10-26(20)4/h13,20H,5-12,14H2,1-4H3/t20-/m1/s1. The molecule has 1 fully saturated rings. The maximum absolute atomic E-state index is 12.8. The van der Waals surface area contributed by atoms with Crippen molar-refractivity contribution in [1.82, 2.24) is 29.5 Å². The Morgan fingerprint density at radius 2 is 2.03 bits per heavy atom. The van der Waals surface area contributed by atoms with E-state index < -0.39 is 0 Å². The van der Waals surface area contributed by atoms with E-state index in [4.69, 9.17) is 4.98 Å². The fraction of sp³-hybridized carbons (Fsp3) is 0.636. The second-order valence-corrected chi connectivity index (χ2v) is 8.53. The maximum Gasteiger partial charge on any atom is 0.224 e. The minimum Gasteiger partial charge on any atom is -0.338 e. The molecule has 4 rings (SSSR count). The first-order valence-corrected chi connectivity index (χ1v) is 10.8. The van der Waals surface area contributed by atoms with Crippen molar-refractivity contribution >= 4 is 5.91 Å². The Morgan fingerprint density at radius 3 is 2.76 bits per heavy atom. The van der Waals surface area contributed by atoms with E-state index in [0.717, 1.165) is 54.4 Å². The molecule has 1 atom stereocenters. The van der Waals surface area contributed by atoms with Crippen LogP contribution in [0.1, 0.15) is 65.8 Å². The van der Waals surface area contributed by atoms with E-state index in [1.54, 1.807) is 0 Å². The second-order valence-electron chi connectivity index (χ2n) is 8.53. The zero-order valence-corrected chi connectivity index (χ0v) is 18.1. The van der Waals surface area contributed by atoms with Crippen LogP contribution in [-0.2, 0) is 24.3 Å². The molecule has 156 valence electrons. The predicted molar refractivity (Wildman–Crippen MR) is 111 cm³/mol. The van der Waals surface area contributed by atoms with E-state index >= 15 is 0 Å². The molecule has 2 aliphatic rings. The van der Waals surface area contributed by atoms with Gasteiger partial charge in [0.05, 0.1) is 17.4 Å². The predicted octanol–water partition coefficient (Wildman–Crippen LogP) is 2.73. The molecule has 7 nitrogen and oxygen atoms in total. The van der Waals surface area contributed by atoms with Crippen LogP contribution in [0.3, 0.4) is 0 Å². The van der Waals surface area contributed by atoms with Crippen LogP contribution in [0.25, 0.3) is 0 Å². The molecule has 7 heteroatoms. The lowest BCUT2D eigenvalue weighted by atomic mass is 10.0. The highest BCUT2D eigenvalue weighted by Crippen LogP contribution is 2.28. The lowest BCUT2D eigenvalue weighted by Gasteiger charge is -2.33. The Bertz CT molecular complexity index is 905. The van der Waals surface area contributed by atoms with Crippen molar-refractivity contribution in [2.75, 3.05) is 20.1 Å². The molecule has 0 radical (unpaired) electrons. The molecule has 2 aromatic heterocycles. The highest BCUT2D eigenvalue weighted by molar-refractivity contribution is 5.76. The van der Waals surface area contributed by atoms with Crippen LogP contribution < -0.4 is 0 Å². The molecule has 2 aliphatic heterocycles. The van der Waals surface area contributed by atoms with Gasteiger partial charge in [0.2, 0.25) is 5.91 Å². The minimum atomic E-state index is 0.178. The van der Waals surface area contributed by atoms with Gasteiger partial charge in [-0.25, -0.2) is 9.97 Å². The number of fused-ring (bicyclic) bond motifs is 1. The number of piperidine rings is 1. The molecular weight excluding hydrogens is 364 g/mol. The molecule has 0 saturated carbocycles. The average molecular weight is 397 g/mol. The van der Waals surface area contributed by atoms with Gasteiger partial charge in [0, 0.05) is 49.9 Å². The molecular formula is C22H32N6O. The topological polar surface area (TPSA) is 67.2 Å². The Hall–Kier alpha value is -2.28. The summed E-state index contributed by atoms with van der Waals surface area (Å²) >= 11 is 0. The van der Waals surface area contributed by atoms with E-state index in [9.17, 15) is 4.79 Å². The van der Waals surface area contributed by atoms with Gasteiger partial charge in [-0.05, 0) is 52.8 Å². The van der Waals surface area contributed by atoms with Crippen LogP contribution in [0.2, 0.25) is 0 Å². The van der Waals surface area contributed by atoms with E-state index in [2.05, 4.69) is 35.9 Å². The van der Waals surface area contributed by atoms with Crippen LogP contribution in [0.4, 0.5) is 0 Å². The van der Waals surface area contributed by atoms with Crippen molar-refractivity contribution in [1.29, 1.82) is 0 Å². The molecule has 1 amide bonds. The van der Waals surface area contributed by atoms with Gasteiger partial charge in [-0.15, -0.1) is 0 Å². The molecule has 0 spiro atoms. The maximum atomic E-state index is 12.8. The molecule has 0 bridgehead atoms. The number of aryl methyl sites for hydroxylation is 2. The molecule has 0 aliphatic carbocycles. The average Bonchev–Trinajstić information content (AvgIpc) is 2.98. The fourth-order valence-electron chi connectivity index (χ4n) is 4.47. The van der Waals surface area contributed by atoms with Crippen LogP contribution in [0.5, 0.6) is 0 Å². The van der Waals surface area contributed by atoms with Crippen molar-refractivity contribution in [3.8, 4) is 0 Å². The van der Waals surface area contributed by atoms with Gasteiger partial charge in [-0.1, -0.05) is 6.42 Å². The number of aromatic nitrogens is 4. The first-order chi connectivity index (χ1) is 13.9. The lowest BCUT2D eigenvalue weighted by molar-refractivity contribution is -0.132. The molecule has 0 unspecified atom stereocenters. The lowest BCUT2D eigenvalue weighted by Crippen LogP contribution is -2.37. The van der Waals surface area contributed by atoms with Gasteiger partial charge >= 0.3 is 0 Å². The smallest absolute Gasteiger partial charge is 0.224 e. The minimum absolute atomic E-state index is 0.178. The van der Waals surface area contributed by atoms with Gasteiger partial charge in [-0.2, -0.15) is 5.10 Å². The van der Waals surface area contributed by atoms with Crippen molar-refractivity contribution in [3.05, 3.63) is 40.2 Å². The summed E-state index contributed by atoms with van der Waals surface area (Å²) in [6.07, 6.45) is 6.86. The van der Waals surface area contributed by atoms with E-state index in [0.29, 0.717) is 25.6 Å². The number of likely N-dealkylation sites (tertiary alicyclic amines) is 1. The SMILES string of the molecule is Cc1nn(CCC(=O)N2CCc3nc([C@H]4CCCCN4C)ncc3C2)c(C)c1C. The van der Waals surface area contributed by atoms with Crippen LogP contribution in [0.15, 0.2) is 6.20 Å². The monoisotopic (exact) mass is 396 g/mol. The van der Waals surface area contributed by atoms with E-state index in [-0.39, 0.29) is 5.91 Å². The number of carbonyl (C=O) groups excluding carboxylic acids is 1. The molecule has 0 N–H and O–H groups in total. The molecule has 2 aromatic rings. The van der Waals surface area contributed by atoms with Crippen molar-refractivity contribution < 1.29 is 4.79 Å². The van der Waals surface area contributed by atoms with Gasteiger partial charge in [0.25, 0.3) is 0 Å². The molecule has 1 saturated heterocycles. The number of carbonyl (C=O) groups is 1. The Balaban J connectivity index is 1.39. The third-order valence-electron chi connectivity index (χ3n) is 6.65. The van der Waals surface area contributed by atoms with E-state index in [1.165, 1.54) is 18.4 Å². The quantitative estimate of drug-likeness (QED) is 0.795. The van der Waals surface area contributed by atoms with E-state index in [1.807, 2.05) is 22.7 Å². The third kappa shape index (κ3) is 4.06. The number of amides is 1. The molecule has 0 aromatic carbocycles. The van der Waals surface area contributed by atoms with Crippen molar-refractivity contribution in [3.63, 3.8) is 0 Å². The Kier molecular flexibility index (Phi) is 5.67. The summed E-state index contributed by atoms with van der Waals surface area (Å²) < 4.78 is 1.95. The Morgan fingerprint density at radius 1 is 1.21 bits per heavy atom. The largest absolute Gasteiger partial charge is 0.338 e. The number of nitrogens with zero attached hydrogens (tertiary/aromatic N) is 6. The summed E-state index contributed by atoms with van der Waals surface area (Å²) in [6.45, 7) is 9.26. The number of rotatable bonds is 4. The van der Waals surface area contributed by atoms with Gasteiger partial charge in [-0.3, -0.25) is 14.4 Å². The second kappa shape index (κ2) is 8.22.